The van der Waals surface area contributed by atoms with Crippen molar-refractivity contribution in [3.05, 3.63) is 84.0 Å². The van der Waals surface area contributed by atoms with Crippen LogP contribution in [0.25, 0.3) is 33.9 Å². The van der Waals surface area contributed by atoms with Gasteiger partial charge in [0.25, 0.3) is 0 Å². The maximum absolute atomic E-state index is 6.59. The third kappa shape index (κ3) is 11.2. The van der Waals surface area contributed by atoms with Gasteiger partial charge in [0, 0.05) is 95.3 Å². The summed E-state index contributed by atoms with van der Waals surface area (Å²) >= 11 is 0. The number of ether oxygens (including phenoxy) is 3. The maximum atomic E-state index is 6.59. The Hall–Kier alpha value is -5.58. The van der Waals surface area contributed by atoms with Gasteiger partial charge < -0.3 is 45.3 Å². The van der Waals surface area contributed by atoms with Crippen molar-refractivity contribution in [2.24, 2.45) is 41.4 Å². The number of pyridine rings is 2. The Kier molecular flexibility index (Phi) is 18.3. The predicted octanol–water partition coefficient (Wildman–Crippen LogP) is 6.51. The molecule has 0 saturated carbocycles. The number of nitrogens with zero attached hydrogens (tertiary/aromatic N) is 17. The van der Waals surface area contributed by atoms with Gasteiger partial charge in [-0.05, 0) is 121 Å². The van der Waals surface area contributed by atoms with Crippen LogP contribution in [0.1, 0.15) is 101 Å². The van der Waals surface area contributed by atoms with Crippen LogP contribution in [0.3, 0.4) is 0 Å². The normalized spacial score (nSPS) is 23.8. The van der Waals surface area contributed by atoms with Gasteiger partial charge in [-0.2, -0.15) is 64.2 Å². The molecule has 1 unspecified atom stereocenters. The second-order valence-electron chi connectivity index (χ2n) is 23.5. The van der Waals surface area contributed by atoms with E-state index in [0.29, 0.717) is 6.54 Å². The zero-order valence-electron chi connectivity index (χ0n) is 48.5. The van der Waals surface area contributed by atoms with Crippen molar-refractivity contribution in [1.82, 2.24) is 59.2 Å². The molecule has 450 valence electrons. The summed E-state index contributed by atoms with van der Waals surface area (Å²) in [5, 5.41) is 14.2. The largest absolute Gasteiger partial charge is 0.376 e. The smallest absolute Gasteiger partial charge is 0.183 e. The number of aliphatic imine (C=N–C) groups is 1. The van der Waals surface area contributed by atoms with Crippen molar-refractivity contribution in [2.45, 2.75) is 122 Å². The molecule has 0 aromatic carbocycles. The Morgan fingerprint density at radius 2 is 1.11 bits per heavy atom. The number of aromatic nitrogens is 12. The number of aryl methyl sites for hydroxylation is 4. The first-order chi connectivity index (χ1) is 39.0. The lowest BCUT2D eigenvalue weighted by Crippen LogP contribution is -2.50. The second-order valence-corrected chi connectivity index (χ2v) is 23.5. The number of nitrogens with two attached hydrogens (primary N) is 2. The minimum atomic E-state index is -0.150. The highest BCUT2D eigenvalue weighted by Crippen LogP contribution is 2.45. The molecule has 8 aliphatic rings. The van der Waals surface area contributed by atoms with E-state index in [-0.39, 0.29) is 95.3 Å². The Morgan fingerprint density at radius 1 is 0.560 bits per heavy atom. The van der Waals surface area contributed by atoms with Crippen molar-refractivity contribution in [3.8, 4) is 22.8 Å². The van der Waals surface area contributed by atoms with E-state index in [0.717, 1.165) is 221 Å². The van der Waals surface area contributed by atoms with Gasteiger partial charge in [-0.15, -0.1) is 5.10 Å². The molecule has 4 N–H and O–H groups in total. The lowest BCUT2D eigenvalue weighted by molar-refractivity contribution is -0.0368. The zero-order valence-corrected chi connectivity index (χ0v) is 52.5. The molecule has 5 fully saturated rings. The van der Waals surface area contributed by atoms with Crippen LogP contribution in [0.5, 0.6) is 0 Å². The van der Waals surface area contributed by atoms with E-state index < -0.39 is 0 Å². The van der Waals surface area contributed by atoms with E-state index in [4.69, 9.17) is 65.7 Å². The van der Waals surface area contributed by atoms with E-state index in [1.807, 2.05) is 60.4 Å². The Balaban J connectivity index is 0.000000180. The number of hydrogen-bond acceptors (Lipinski definition) is 19. The molecule has 84 heavy (non-hydrogen) atoms. The molecule has 15 rings (SSSR count). The van der Waals surface area contributed by atoms with Crippen LogP contribution in [-0.2, 0) is 47.7 Å². The number of piperidine rings is 2. The number of anilines is 5. The molecule has 0 bridgehead atoms. The SMILES string of the molecule is C[C@@H]1OCC2(CCN(c3cnc4c(N5CCCc6nc(-c7ccn(C)n7)ccc65)nn(C5CCCCO5)c4n3)CC2)[C@@H]1N.C[C@@H]1OCC2(CCN(c3cnc4c(n3)CN=C4N3CCCc4nc(-c5ccn(C)n5)ccc43)CC2)[C@@H]1N.S.S.S.S. The van der Waals surface area contributed by atoms with Crippen LogP contribution in [0.2, 0.25) is 0 Å². The van der Waals surface area contributed by atoms with E-state index >= 15 is 0 Å². The van der Waals surface area contributed by atoms with Gasteiger partial charge in [-0.1, -0.05) is 0 Å². The van der Waals surface area contributed by atoms with Crippen molar-refractivity contribution < 1.29 is 14.2 Å². The Morgan fingerprint density at radius 3 is 1.63 bits per heavy atom. The van der Waals surface area contributed by atoms with Crippen LogP contribution in [0.4, 0.5) is 28.8 Å². The van der Waals surface area contributed by atoms with Gasteiger partial charge in [0.2, 0.25) is 0 Å². The monoisotopic (exact) mass is 1220 g/mol. The average molecular weight is 1220 g/mol. The quantitative estimate of drug-likeness (QED) is 0.181. The summed E-state index contributed by atoms with van der Waals surface area (Å²) in [6.45, 7) is 12.3. The van der Waals surface area contributed by atoms with Gasteiger partial charge >= 0.3 is 0 Å². The molecule has 5 saturated heterocycles. The number of fused-ring (bicyclic) bond motifs is 4. The van der Waals surface area contributed by atoms with E-state index in [2.05, 4.69) is 67.9 Å². The molecule has 5 atom stereocenters. The van der Waals surface area contributed by atoms with E-state index in [1.54, 1.807) is 4.68 Å². The molecule has 2 spiro atoms. The first kappa shape index (κ1) is 61.5. The summed E-state index contributed by atoms with van der Waals surface area (Å²) in [6.07, 6.45) is 18.8. The third-order valence-corrected chi connectivity index (χ3v) is 18.6. The standard InChI is InChI=1S/C31H40N10O2.C27H33N9O.4H2S/c1-20-28(32)31(19-43-20)11-15-39(16-12-31)25-18-33-27-29(35-25)41(26-7-3-4-17-42-26)37-30(27)40-13-5-6-23-24(40)9-8-21(34-23)22-10-14-38(2)36-22;1-17-25(28)27(16-37-17)8-12-35(13-9-27)23-15-29-24-21(32-23)14-30-26(24)36-10-3-4-20-22(36)6-5-18(31-20)19-7-11-34(2)33-19;;;;/h8-10,14,18,20,26,28H,3-7,11-13,15-17,19,32H2,1-2H3;5-7,11,15,17,25H,3-4,8-10,12-14,16,28H2,1-2H3;4*1H2/t20-,26?,28+;17-,25+;;;;/m00..../s1. The van der Waals surface area contributed by atoms with Crippen LogP contribution in [0, 0.1) is 10.8 Å². The van der Waals surface area contributed by atoms with Gasteiger partial charge in [0.15, 0.2) is 29.0 Å². The molecule has 7 aromatic heterocycles. The summed E-state index contributed by atoms with van der Waals surface area (Å²) in [7, 11) is 3.85. The summed E-state index contributed by atoms with van der Waals surface area (Å²) in [5.74, 6) is 3.54. The lowest BCUT2D eigenvalue weighted by atomic mass is 9.73. The molecule has 26 heteroatoms. The number of amidine groups is 1. The fourth-order valence-electron chi connectivity index (χ4n) is 13.7. The predicted molar refractivity (Wildman–Crippen MR) is 346 cm³/mol. The molecule has 15 heterocycles. The minimum absolute atomic E-state index is 0. The molecule has 0 aliphatic carbocycles. The summed E-state index contributed by atoms with van der Waals surface area (Å²) in [4.78, 5) is 44.2. The van der Waals surface area contributed by atoms with Crippen LogP contribution < -0.4 is 31.1 Å². The molecular formula is C58H81N19O3S4. The molecule has 7 aromatic rings. The fourth-order valence-corrected chi connectivity index (χ4v) is 13.7. The van der Waals surface area contributed by atoms with E-state index in [1.165, 1.54) is 0 Å². The fraction of sp³-hybridized carbons (Fsp3) is 0.552. The number of hydrogen-bond donors (Lipinski definition) is 2. The molecule has 0 radical (unpaired) electrons. The first-order valence-electron chi connectivity index (χ1n) is 29.1. The van der Waals surface area contributed by atoms with Crippen molar-refractivity contribution >= 4 is 99.8 Å². The van der Waals surface area contributed by atoms with Crippen molar-refractivity contribution in [3.63, 3.8) is 0 Å². The van der Waals surface area contributed by atoms with Gasteiger partial charge in [0.05, 0.1) is 84.2 Å². The van der Waals surface area contributed by atoms with E-state index in [9.17, 15) is 0 Å². The molecule has 0 amide bonds. The lowest BCUT2D eigenvalue weighted by Gasteiger charge is -2.41. The second kappa shape index (κ2) is 25.0. The van der Waals surface area contributed by atoms with Crippen LogP contribution >= 0.6 is 54.0 Å². The van der Waals surface area contributed by atoms with Gasteiger partial charge in [-0.3, -0.25) is 14.4 Å². The Bertz CT molecular complexity index is 3480. The zero-order chi connectivity index (χ0) is 54.3. The topological polar surface area (TPSA) is 236 Å². The number of rotatable bonds is 6. The van der Waals surface area contributed by atoms with Crippen LogP contribution in [-0.4, -0.2) is 148 Å². The summed E-state index contributed by atoms with van der Waals surface area (Å²) < 4.78 is 23.7. The van der Waals surface area contributed by atoms with Gasteiger partial charge in [-0.25, -0.2) is 34.6 Å². The van der Waals surface area contributed by atoms with Gasteiger partial charge in [0.1, 0.15) is 28.7 Å². The van der Waals surface area contributed by atoms with Crippen molar-refractivity contribution in [1.29, 1.82) is 0 Å². The molecular weight excluding hydrogens is 1140 g/mol. The summed E-state index contributed by atoms with van der Waals surface area (Å²) in [5.41, 5.74) is 24.5. The highest BCUT2D eigenvalue weighted by Gasteiger charge is 2.49. The first-order valence-corrected chi connectivity index (χ1v) is 29.1. The molecule has 8 aliphatic heterocycles. The minimum Gasteiger partial charge on any atom is -0.376 e. The molecule has 22 nitrogen and oxygen atoms in total. The average Bonchev–Trinajstić information content (AvgIpc) is 2.58. The van der Waals surface area contributed by atoms with Crippen molar-refractivity contribution in [2.75, 3.05) is 78.7 Å². The summed E-state index contributed by atoms with van der Waals surface area (Å²) in [6, 6.07) is 12.6. The van der Waals surface area contributed by atoms with Crippen LogP contribution in [0.15, 0.2) is 66.2 Å². The third-order valence-electron chi connectivity index (χ3n) is 18.6. The maximum Gasteiger partial charge on any atom is 0.183 e. The highest BCUT2D eigenvalue weighted by molar-refractivity contribution is 7.59. The highest BCUT2D eigenvalue weighted by atomic mass is 32.1. The Labute approximate surface area is 518 Å².